The first-order valence-electron chi connectivity index (χ1n) is 8.90. The normalized spacial score (nSPS) is 52.1. The lowest BCUT2D eigenvalue weighted by Gasteiger charge is -2.58. The van der Waals surface area contributed by atoms with Crippen molar-refractivity contribution in [3.8, 4) is 6.07 Å². The molecular formula is C19H27NO. The summed E-state index contributed by atoms with van der Waals surface area (Å²) >= 11 is 0. The molecule has 3 saturated carbocycles. The van der Waals surface area contributed by atoms with Crippen molar-refractivity contribution in [2.24, 2.45) is 35.0 Å². The first-order chi connectivity index (χ1) is 10.1. The van der Waals surface area contributed by atoms with Gasteiger partial charge in [-0.15, -0.1) is 0 Å². The molecule has 4 unspecified atom stereocenters. The third-order valence-corrected chi connectivity index (χ3v) is 7.64. The van der Waals surface area contributed by atoms with Crippen molar-refractivity contribution < 1.29 is 5.11 Å². The first kappa shape index (κ1) is 13.8. The Balaban J connectivity index is 1.59. The maximum Gasteiger partial charge on any atom is 0.0943 e. The molecule has 0 amide bonds. The summed E-state index contributed by atoms with van der Waals surface area (Å²) in [5.41, 5.74) is 1.51. The highest BCUT2D eigenvalue weighted by Gasteiger charge is 2.54. The molecule has 3 fully saturated rings. The molecule has 0 radical (unpaired) electrons. The molecule has 0 aromatic heterocycles. The van der Waals surface area contributed by atoms with Gasteiger partial charge in [-0.25, -0.2) is 0 Å². The Bertz CT molecular complexity index is 504. The molecule has 0 aromatic rings. The van der Waals surface area contributed by atoms with Crippen LogP contribution in [0.1, 0.15) is 58.3 Å². The van der Waals surface area contributed by atoms with Crippen molar-refractivity contribution in [1.29, 1.82) is 5.26 Å². The molecule has 0 aliphatic heterocycles. The highest BCUT2D eigenvalue weighted by Crippen LogP contribution is 2.62. The number of nitriles is 1. The van der Waals surface area contributed by atoms with Crippen LogP contribution in [-0.2, 0) is 0 Å². The van der Waals surface area contributed by atoms with Gasteiger partial charge in [-0.2, -0.15) is 5.26 Å². The standard InChI is InChI=1S/C19H27NO/c1-19-7-6-15(21)10-14(19)3-4-16-17-9-12(11-20)8-13(17)2-5-18(16)19/h8,13-18,21H,2-7,9-10H2,1H3/t13?,14-,15-,16?,17?,18?,19+/m0/s1. The summed E-state index contributed by atoms with van der Waals surface area (Å²) < 4.78 is 0. The third kappa shape index (κ3) is 2.00. The number of aliphatic hydroxyl groups excluding tert-OH is 1. The van der Waals surface area contributed by atoms with Gasteiger partial charge >= 0.3 is 0 Å². The van der Waals surface area contributed by atoms with Crippen molar-refractivity contribution >= 4 is 0 Å². The summed E-state index contributed by atoms with van der Waals surface area (Å²) in [5.74, 6) is 3.86. The summed E-state index contributed by atoms with van der Waals surface area (Å²) in [6.45, 7) is 2.52. The second-order valence-corrected chi connectivity index (χ2v) is 8.39. The molecule has 114 valence electrons. The van der Waals surface area contributed by atoms with Crippen LogP contribution in [0.25, 0.3) is 0 Å². The molecule has 0 spiro atoms. The summed E-state index contributed by atoms with van der Waals surface area (Å²) in [6, 6.07) is 2.42. The average Bonchev–Trinajstić information content (AvgIpc) is 2.91. The van der Waals surface area contributed by atoms with E-state index in [4.69, 9.17) is 0 Å². The van der Waals surface area contributed by atoms with E-state index in [0.29, 0.717) is 11.3 Å². The molecule has 7 atom stereocenters. The second kappa shape index (κ2) is 4.85. The minimum Gasteiger partial charge on any atom is -0.393 e. The summed E-state index contributed by atoms with van der Waals surface area (Å²) in [5, 5.41) is 19.3. The van der Waals surface area contributed by atoms with E-state index >= 15 is 0 Å². The largest absolute Gasteiger partial charge is 0.393 e. The van der Waals surface area contributed by atoms with Crippen LogP contribution >= 0.6 is 0 Å². The molecule has 1 N–H and O–H groups in total. The Hall–Kier alpha value is -0.810. The molecule has 2 heteroatoms. The summed E-state index contributed by atoms with van der Waals surface area (Å²) in [6.07, 6.45) is 11.8. The monoisotopic (exact) mass is 285 g/mol. The number of allylic oxidation sites excluding steroid dienone is 2. The van der Waals surface area contributed by atoms with Crippen LogP contribution in [-0.4, -0.2) is 11.2 Å². The lowest BCUT2D eigenvalue weighted by molar-refractivity contribution is -0.104. The first-order valence-corrected chi connectivity index (χ1v) is 8.90. The fourth-order valence-electron chi connectivity index (χ4n) is 6.55. The Morgan fingerprint density at radius 1 is 1.19 bits per heavy atom. The Morgan fingerprint density at radius 3 is 2.86 bits per heavy atom. The highest BCUT2D eigenvalue weighted by atomic mass is 16.3. The predicted molar refractivity (Wildman–Crippen MR) is 82.2 cm³/mol. The van der Waals surface area contributed by atoms with Crippen LogP contribution in [0.3, 0.4) is 0 Å². The van der Waals surface area contributed by atoms with Crippen LogP contribution in [0.2, 0.25) is 0 Å². The van der Waals surface area contributed by atoms with Crippen molar-refractivity contribution in [2.75, 3.05) is 0 Å². The van der Waals surface area contributed by atoms with Crippen molar-refractivity contribution in [3.05, 3.63) is 11.6 Å². The average molecular weight is 285 g/mol. The van der Waals surface area contributed by atoms with Crippen LogP contribution in [0, 0.1) is 46.3 Å². The molecular weight excluding hydrogens is 258 g/mol. The van der Waals surface area contributed by atoms with Gasteiger partial charge < -0.3 is 5.11 Å². The van der Waals surface area contributed by atoms with Crippen molar-refractivity contribution in [3.63, 3.8) is 0 Å². The number of hydrogen-bond acceptors (Lipinski definition) is 2. The smallest absolute Gasteiger partial charge is 0.0943 e. The van der Waals surface area contributed by atoms with Gasteiger partial charge in [-0.05, 0) is 86.4 Å². The molecule has 0 saturated heterocycles. The lowest BCUT2D eigenvalue weighted by atomic mass is 9.47. The maximum absolute atomic E-state index is 10.0. The number of nitrogens with zero attached hydrogens (tertiary/aromatic N) is 1. The number of fused-ring (bicyclic) bond motifs is 5. The van der Waals surface area contributed by atoms with E-state index in [-0.39, 0.29) is 6.10 Å². The van der Waals surface area contributed by atoms with Crippen LogP contribution in [0.5, 0.6) is 0 Å². The van der Waals surface area contributed by atoms with Gasteiger partial charge in [0.2, 0.25) is 0 Å². The number of rotatable bonds is 0. The number of hydrogen-bond donors (Lipinski definition) is 1. The zero-order valence-corrected chi connectivity index (χ0v) is 13.1. The predicted octanol–water partition coefficient (Wildman–Crippen LogP) is 4.06. The highest BCUT2D eigenvalue weighted by molar-refractivity contribution is 5.28. The van der Waals surface area contributed by atoms with E-state index in [1.807, 2.05) is 0 Å². The molecule has 0 bridgehead atoms. The van der Waals surface area contributed by atoms with E-state index in [9.17, 15) is 10.4 Å². The number of aliphatic hydroxyl groups is 1. The second-order valence-electron chi connectivity index (χ2n) is 8.39. The van der Waals surface area contributed by atoms with Crippen LogP contribution in [0.15, 0.2) is 11.6 Å². The van der Waals surface area contributed by atoms with Crippen LogP contribution < -0.4 is 0 Å². The molecule has 0 aromatic carbocycles. The van der Waals surface area contributed by atoms with Gasteiger partial charge in [0.15, 0.2) is 0 Å². The topological polar surface area (TPSA) is 44.0 Å². The van der Waals surface area contributed by atoms with Gasteiger partial charge in [0.25, 0.3) is 0 Å². The quantitative estimate of drug-likeness (QED) is 0.729. The molecule has 2 nitrogen and oxygen atoms in total. The third-order valence-electron chi connectivity index (χ3n) is 7.64. The minimum absolute atomic E-state index is 0.0469. The van der Waals surface area contributed by atoms with Gasteiger partial charge in [0, 0.05) is 5.57 Å². The fourth-order valence-corrected chi connectivity index (χ4v) is 6.55. The molecule has 21 heavy (non-hydrogen) atoms. The van der Waals surface area contributed by atoms with Crippen molar-refractivity contribution in [2.45, 2.75) is 64.4 Å². The zero-order chi connectivity index (χ0) is 14.6. The molecule has 4 aliphatic rings. The fraction of sp³-hybridized carbons (Fsp3) is 0.842. The Morgan fingerprint density at radius 2 is 2.05 bits per heavy atom. The van der Waals surface area contributed by atoms with Crippen molar-refractivity contribution in [1.82, 2.24) is 0 Å². The minimum atomic E-state index is -0.0469. The lowest BCUT2D eigenvalue weighted by Crippen LogP contribution is -2.51. The molecule has 0 heterocycles. The van der Waals surface area contributed by atoms with E-state index in [0.717, 1.165) is 48.5 Å². The zero-order valence-electron chi connectivity index (χ0n) is 13.1. The Kier molecular flexibility index (Phi) is 3.19. The summed E-state index contributed by atoms with van der Waals surface area (Å²) in [7, 11) is 0. The maximum atomic E-state index is 10.0. The van der Waals surface area contributed by atoms with Gasteiger partial charge in [-0.1, -0.05) is 13.0 Å². The molecule has 4 aliphatic carbocycles. The molecule has 4 rings (SSSR count). The van der Waals surface area contributed by atoms with E-state index in [1.165, 1.54) is 32.1 Å². The van der Waals surface area contributed by atoms with Gasteiger partial charge in [0.05, 0.1) is 12.2 Å². The Labute approximate surface area is 128 Å². The van der Waals surface area contributed by atoms with Crippen LogP contribution in [0.4, 0.5) is 0 Å². The van der Waals surface area contributed by atoms with Gasteiger partial charge in [0.1, 0.15) is 0 Å². The van der Waals surface area contributed by atoms with E-state index in [2.05, 4.69) is 19.1 Å². The SMILES string of the molecule is C[C@@]12CC[C@H](O)C[C@@H]1CCC1C3CC(C#N)=CC3CCC12. The summed E-state index contributed by atoms with van der Waals surface area (Å²) in [4.78, 5) is 0. The van der Waals surface area contributed by atoms with E-state index in [1.54, 1.807) is 0 Å². The van der Waals surface area contributed by atoms with Gasteiger partial charge in [-0.3, -0.25) is 0 Å². The van der Waals surface area contributed by atoms with E-state index < -0.39 is 0 Å².